The molecule has 0 saturated carbocycles. The van der Waals surface area contributed by atoms with Crippen molar-refractivity contribution in [3.63, 3.8) is 0 Å². The van der Waals surface area contributed by atoms with Gasteiger partial charge >= 0.3 is 5.97 Å². The Labute approximate surface area is 107 Å². The maximum absolute atomic E-state index is 13.7. The molecule has 0 amide bonds. The zero-order chi connectivity index (χ0) is 13.9. The molecule has 0 heterocycles. The highest BCUT2D eigenvalue weighted by molar-refractivity contribution is 5.74. The molecule has 100 valence electrons. The lowest BCUT2D eigenvalue weighted by atomic mass is 9.86. The van der Waals surface area contributed by atoms with Crippen LogP contribution >= 0.6 is 0 Å². The van der Waals surface area contributed by atoms with Crippen molar-refractivity contribution in [3.05, 3.63) is 29.6 Å². The largest absolute Gasteiger partial charge is 0.488 e. The van der Waals surface area contributed by atoms with Gasteiger partial charge in [0.15, 0.2) is 11.6 Å². The van der Waals surface area contributed by atoms with Gasteiger partial charge in [0, 0.05) is 0 Å². The number of aliphatic carboxylic acids is 1. The van der Waals surface area contributed by atoms with Gasteiger partial charge in [-0.15, -0.1) is 0 Å². The van der Waals surface area contributed by atoms with E-state index >= 15 is 0 Å². The second kappa shape index (κ2) is 5.38. The Morgan fingerprint density at radius 2 is 2.06 bits per heavy atom. The molecule has 0 saturated heterocycles. The van der Waals surface area contributed by atoms with Crippen molar-refractivity contribution in [2.24, 2.45) is 5.41 Å². The molecule has 0 aliphatic heterocycles. The Kier molecular flexibility index (Phi) is 4.33. The standard InChI is InChI=1S/C14H19FO3/c1-9(2)18-12-6-5-10(7-11(12)15)8-14(3,4)13(16)17/h5-7,9H,8H2,1-4H3,(H,16,17). The molecule has 1 aromatic rings. The first-order valence-corrected chi connectivity index (χ1v) is 5.91. The molecule has 1 rings (SSSR count). The monoisotopic (exact) mass is 254 g/mol. The number of carboxylic acids is 1. The van der Waals surface area contributed by atoms with Crippen LogP contribution in [0.2, 0.25) is 0 Å². The lowest BCUT2D eigenvalue weighted by molar-refractivity contribution is -0.146. The fraction of sp³-hybridized carbons (Fsp3) is 0.500. The molecule has 4 heteroatoms. The predicted molar refractivity (Wildman–Crippen MR) is 67.3 cm³/mol. The van der Waals surface area contributed by atoms with Crippen LogP contribution in [0.4, 0.5) is 4.39 Å². The molecule has 0 aliphatic rings. The Bertz CT molecular complexity index is 439. The van der Waals surface area contributed by atoms with Gasteiger partial charge in [0.1, 0.15) is 0 Å². The number of benzene rings is 1. The predicted octanol–water partition coefficient (Wildman–Crippen LogP) is 3.27. The van der Waals surface area contributed by atoms with Crippen LogP contribution in [0.3, 0.4) is 0 Å². The number of ether oxygens (including phenoxy) is 1. The minimum Gasteiger partial charge on any atom is -0.488 e. The number of halogens is 1. The number of rotatable bonds is 5. The smallest absolute Gasteiger partial charge is 0.309 e. The number of hydrogen-bond donors (Lipinski definition) is 1. The first kappa shape index (κ1) is 14.5. The minimum absolute atomic E-state index is 0.0965. The molecule has 1 aromatic carbocycles. The number of hydrogen-bond acceptors (Lipinski definition) is 2. The van der Waals surface area contributed by atoms with Crippen LogP contribution in [-0.4, -0.2) is 17.2 Å². The maximum atomic E-state index is 13.7. The Balaban J connectivity index is 2.88. The highest BCUT2D eigenvalue weighted by Crippen LogP contribution is 2.26. The van der Waals surface area contributed by atoms with Gasteiger partial charge in [0.05, 0.1) is 11.5 Å². The van der Waals surface area contributed by atoms with E-state index in [1.54, 1.807) is 26.0 Å². The SMILES string of the molecule is CC(C)Oc1ccc(CC(C)(C)C(=O)O)cc1F. The van der Waals surface area contributed by atoms with Crippen LogP contribution in [-0.2, 0) is 11.2 Å². The van der Waals surface area contributed by atoms with E-state index in [2.05, 4.69) is 0 Å². The van der Waals surface area contributed by atoms with Crippen LogP contribution in [0.5, 0.6) is 5.75 Å². The van der Waals surface area contributed by atoms with E-state index in [9.17, 15) is 9.18 Å². The first-order chi connectivity index (χ1) is 8.22. The highest BCUT2D eigenvalue weighted by Gasteiger charge is 2.27. The summed E-state index contributed by atoms with van der Waals surface area (Å²) in [7, 11) is 0. The second-order valence-electron chi connectivity index (χ2n) is 5.30. The molecule has 18 heavy (non-hydrogen) atoms. The van der Waals surface area contributed by atoms with E-state index in [0.717, 1.165) is 0 Å². The molecular formula is C14H19FO3. The topological polar surface area (TPSA) is 46.5 Å². The highest BCUT2D eigenvalue weighted by atomic mass is 19.1. The molecular weight excluding hydrogens is 235 g/mol. The zero-order valence-corrected chi connectivity index (χ0v) is 11.2. The molecule has 3 nitrogen and oxygen atoms in total. The van der Waals surface area contributed by atoms with Crippen molar-refractivity contribution in [2.75, 3.05) is 0 Å². The molecule has 0 aliphatic carbocycles. The van der Waals surface area contributed by atoms with Crippen LogP contribution in [0.1, 0.15) is 33.3 Å². The van der Waals surface area contributed by atoms with E-state index in [1.165, 1.54) is 6.07 Å². The minimum atomic E-state index is -0.910. The quantitative estimate of drug-likeness (QED) is 0.877. The summed E-state index contributed by atoms with van der Waals surface area (Å²) in [6, 6.07) is 4.58. The molecule has 0 aromatic heterocycles. The van der Waals surface area contributed by atoms with Crippen molar-refractivity contribution < 1.29 is 19.0 Å². The van der Waals surface area contributed by atoms with Crippen LogP contribution in [0, 0.1) is 11.2 Å². The van der Waals surface area contributed by atoms with Gasteiger partial charge in [-0.3, -0.25) is 4.79 Å². The molecule has 0 spiro atoms. The zero-order valence-electron chi connectivity index (χ0n) is 11.2. The van der Waals surface area contributed by atoms with Gasteiger partial charge in [-0.2, -0.15) is 0 Å². The van der Waals surface area contributed by atoms with Crippen LogP contribution < -0.4 is 4.74 Å². The van der Waals surface area contributed by atoms with Gasteiger partial charge in [-0.1, -0.05) is 6.07 Å². The Hall–Kier alpha value is -1.58. The third kappa shape index (κ3) is 3.72. The summed E-state index contributed by atoms with van der Waals surface area (Å²) in [6.45, 7) is 6.87. The number of carbonyl (C=O) groups is 1. The van der Waals surface area contributed by atoms with Gasteiger partial charge in [0.2, 0.25) is 0 Å². The van der Waals surface area contributed by atoms with E-state index < -0.39 is 17.2 Å². The van der Waals surface area contributed by atoms with Crippen molar-refractivity contribution in [2.45, 2.75) is 40.2 Å². The average Bonchev–Trinajstić information content (AvgIpc) is 2.21. The van der Waals surface area contributed by atoms with E-state index in [4.69, 9.17) is 9.84 Å². The summed E-state index contributed by atoms with van der Waals surface area (Å²) in [5, 5.41) is 9.03. The van der Waals surface area contributed by atoms with E-state index in [-0.39, 0.29) is 18.3 Å². The summed E-state index contributed by atoms with van der Waals surface area (Å²) in [4.78, 5) is 11.0. The van der Waals surface area contributed by atoms with Crippen molar-refractivity contribution >= 4 is 5.97 Å². The van der Waals surface area contributed by atoms with Gasteiger partial charge in [0.25, 0.3) is 0 Å². The van der Waals surface area contributed by atoms with E-state index in [0.29, 0.717) is 5.56 Å². The third-order valence-electron chi connectivity index (χ3n) is 2.58. The first-order valence-electron chi connectivity index (χ1n) is 5.91. The van der Waals surface area contributed by atoms with Gasteiger partial charge in [-0.25, -0.2) is 4.39 Å². The van der Waals surface area contributed by atoms with Crippen molar-refractivity contribution in [1.29, 1.82) is 0 Å². The number of carboxylic acid groups (broad SMARTS) is 1. The summed E-state index contributed by atoms with van der Waals surface area (Å²) < 4.78 is 19.0. The molecule has 0 bridgehead atoms. The molecule has 0 radical (unpaired) electrons. The third-order valence-corrected chi connectivity index (χ3v) is 2.58. The lowest BCUT2D eigenvalue weighted by Crippen LogP contribution is -2.26. The van der Waals surface area contributed by atoms with Crippen LogP contribution in [0.25, 0.3) is 0 Å². The fourth-order valence-corrected chi connectivity index (χ4v) is 1.59. The molecule has 0 atom stereocenters. The molecule has 0 unspecified atom stereocenters. The summed E-state index contributed by atoms with van der Waals surface area (Å²) in [5.74, 6) is -1.16. The summed E-state index contributed by atoms with van der Waals surface area (Å²) in [5.41, 5.74) is -0.261. The van der Waals surface area contributed by atoms with Crippen molar-refractivity contribution in [1.82, 2.24) is 0 Å². The van der Waals surface area contributed by atoms with Crippen molar-refractivity contribution in [3.8, 4) is 5.75 Å². The molecule has 1 N–H and O–H groups in total. The Morgan fingerprint density at radius 1 is 1.44 bits per heavy atom. The Morgan fingerprint density at radius 3 is 2.50 bits per heavy atom. The second-order valence-corrected chi connectivity index (χ2v) is 5.30. The van der Waals surface area contributed by atoms with Gasteiger partial charge in [-0.05, 0) is 51.8 Å². The molecule has 0 fully saturated rings. The summed E-state index contributed by atoms with van der Waals surface area (Å²) in [6.07, 6.45) is 0.183. The fourth-order valence-electron chi connectivity index (χ4n) is 1.59. The van der Waals surface area contributed by atoms with Gasteiger partial charge < -0.3 is 9.84 Å². The summed E-state index contributed by atoms with van der Waals surface area (Å²) >= 11 is 0. The van der Waals surface area contributed by atoms with E-state index in [1.807, 2.05) is 13.8 Å². The lowest BCUT2D eigenvalue weighted by Gasteiger charge is -2.19. The normalized spacial score (nSPS) is 11.7. The maximum Gasteiger partial charge on any atom is 0.309 e. The van der Waals surface area contributed by atoms with Crippen LogP contribution in [0.15, 0.2) is 18.2 Å². The average molecular weight is 254 g/mol.